The molecule has 4 rings (SSSR count). The second-order valence-electron chi connectivity index (χ2n) is 12.5. The van der Waals surface area contributed by atoms with Gasteiger partial charge >= 0.3 is 12.1 Å². The average Bonchev–Trinajstić information content (AvgIpc) is 2.97. The first-order valence-electron chi connectivity index (χ1n) is 14.8. The van der Waals surface area contributed by atoms with Crippen LogP contribution in [0.25, 0.3) is 0 Å². The maximum Gasteiger partial charge on any atom is 0.408 e. The lowest BCUT2D eigenvalue weighted by atomic mass is 9.73. The van der Waals surface area contributed by atoms with Crippen LogP contribution in [-0.4, -0.2) is 48.7 Å². The Morgan fingerprint density at radius 3 is 2.27 bits per heavy atom. The summed E-state index contributed by atoms with van der Waals surface area (Å²) < 4.78 is 60.1. The maximum absolute atomic E-state index is 16.0. The van der Waals surface area contributed by atoms with Crippen LogP contribution in [0.5, 0.6) is 0 Å². The van der Waals surface area contributed by atoms with Crippen LogP contribution >= 0.6 is 0 Å². The molecule has 0 bridgehead atoms. The molecule has 2 aliphatic rings. The average molecular weight is 620 g/mol. The summed E-state index contributed by atoms with van der Waals surface area (Å²) in [6.45, 7) is 5.52. The van der Waals surface area contributed by atoms with Gasteiger partial charge in [-0.25, -0.2) is 18.0 Å². The summed E-state index contributed by atoms with van der Waals surface area (Å²) in [6.07, 6.45) is -1.48. The van der Waals surface area contributed by atoms with E-state index in [-0.39, 0.29) is 56.8 Å². The molecule has 1 atom stereocenters. The number of alkyl halides is 2. The number of nitrogen functional groups attached to an aromatic ring is 1. The van der Waals surface area contributed by atoms with Crippen molar-refractivity contribution < 1.29 is 41.8 Å². The number of rotatable bonds is 8. The third-order valence-electron chi connectivity index (χ3n) is 8.09. The Morgan fingerprint density at radius 1 is 1.02 bits per heavy atom. The highest BCUT2D eigenvalue weighted by Gasteiger charge is 2.47. The third kappa shape index (κ3) is 8.02. The van der Waals surface area contributed by atoms with Gasteiger partial charge < -0.3 is 30.6 Å². The molecule has 0 spiro atoms. The highest BCUT2D eigenvalue weighted by atomic mass is 19.3. The van der Waals surface area contributed by atoms with Crippen molar-refractivity contribution in [3.63, 3.8) is 0 Å². The first-order valence-corrected chi connectivity index (χ1v) is 14.8. The van der Waals surface area contributed by atoms with Crippen LogP contribution in [0, 0.1) is 11.7 Å². The van der Waals surface area contributed by atoms with E-state index in [2.05, 4.69) is 10.6 Å². The fourth-order valence-corrected chi connectivity index (χ4v) is 5.65. The van der Waals surface area contributed by atoms with Gasteiger partial charge in [-0.3, -0.25) is 9.59 Å². The lowest BCUT2D eigenvalue weighted by Crippen LogP contribution is -2.50. The van der Waals surface area contributed by atoms with E-state index in [1.807, 2.05) is 6.07 Å². The van der Waals surface area contributed by atoms with Gasteiger partial charge in [0.2, 0.25) is 11.8 Å². The molecule has 12 heteroatoms. The van der Waals surface area contributed by atoms with Crippen molar-refractivity contribution in [3.8, 4) is 0 Å². The molecule has 1 saturated heterocycles. The summed E-state index contributed by atoms with van der Waals surface area (Å²) >= 11 is 0. The Balaban J connectivity index is 1.55. The summed E-state index contributed by atoms with van der Waals surface area (Å²) in [4.78, 5) is 39.6. The predicted octanol–water partition coefficient (Wildman–Crippen LogP) is 5.86. The Morgan fingerprint density at radius 2 is 1.66 bits per heavy atom. The maximum atomic E-state index is 16.0. The van der Waals surface area contributed by atoms with E-state index in [4.69, 9.17) is 19.9 Å². The van der Waals surface area contributed by atoms with Gasteiger partial charge in [-0.2, -0.15) is 0 Å². The molecule has 240 valence electrons. The van der Waals surface area contributed by atoms with Gasteiger partial charge in [0.15, 0.2) is 5.82 Å². The molecule has 0 aromatic heterocycles. The van der Waals surface area contributed by atoms with Gasteiger partial charge in [0.05, 0.1) is 11.4 Å². The first kappa shape index (κ1) is 33.1. The number of halogens is 3. The normalized spacial score (nSPS) is 19.0. The van der Waals surface area contributed by atoms with E-state index in [1.165, 1.54) is 12.1 Å². The number of carbonyl (C=O) groups is 3. The lowest BCUT2D eigenvalue weighted by Gasteiger charge is -2.38. The van der Waals surface area contributed by atoms with Crippen molar-refractivity contribution in [1.82, 2.24) is 5.32 Å². The lowest BCUT2D eigenvalue weighted by molar-refractivity contribution is -0.166. The molecule has 1 heterocycles. The summed E-state index contributed by atoms with van der Waals surface area (Å²) in [6, 6.07) is 10.4. The van der Waals surface area contributed by atoms with Crippen LogP contribution < -0.4 is 16.4 Å². The Bertz CT molecular complexity index is 1330. The molecule has 4 N–H and O–H groups in total. The molecule has 2 aromatic rings. The zero-order valence-electron chi connectivity index (χ0n) is 25.2. The minimum absolute atomic E-state index is 0.0205. The number of ether oxygens (including phenoxy) is 3. The van der Waals surface area contributed by atoms with Gasteiger partial charge in [0.25, 0.3) is 0 Å². The summed E-state index contributed by atoms with van der Waals surface area (Å²) in [5.74, 6) is -5.73. The smallest absolute Gasteiger partial charge is 0.408 e. The number of carbonyl (C=O) groups excluding carboxylic acids is 3. The largest absolute Gasteiger partial charge is 0.459 e. The molecule has 1 saturated carbocycles. The number of alkyl carbamates (subject to hydrolysis) is 1. The van der Waals surface area contributed by atoms with Crippen LogP contribution in [0.4, 0.5) is 29.3 Å². The number of benzene rings is 2. The zero-order chi connectivity index (χ0) is 32.1. The Kier molecular flexibility index (Phi) is 10.1. The number of nitrogens with one attached hydrogen (secondary N) is 2. The van der Waals surface area contributed by atoms with Gasteiger partial charge in [-0.05, 0) is 64.0 Å². The number of nitrogens with two attached hydrogens (primary N) is 1. The second kappa shape index (κ2) is 13.5. The van der Waals surface area contributed by atoms with E-state index < -0.39 is 71.2 Å². The van der Waals surface area contributed by atoms with Gasteiger partial charge in [0.1, 0.15) is 23.7 Å². The number of esters is 1. The SMILES string of the molecule is CC(C)(C)OC(=O)C1(c2ccc(NC(=O)C(NC(=O)OCc3ccccc3)C3CCC(F)(F)CC3)c(N)c2F)CCOCC1. The van der Waals surface area contributed by atoms with Crippen LogP contribution in [-0.2, 0) is 35.8 Å². The van der Waals surface area contributed by atoms with Crippen molar-refractivity contribution in [2.45, 2.75) is 88.9 Å². The molecule has 2 amide bonds. The molecule has 44 heavy (non-hydrogen) atoms. The highest BCUT2D eigenvalue weighted by molar-refractivity contribution is 5.99. The van der Waals surface area contributed by atoms with Crippen molar-refractivity contribution in [2.75, 3.05) is 24.3 Å². The zero-order valence-corrected chi connectivity index (χ0v) is 25.2. The van der Waals surface area contributed by atoms with Crippen LogP contribution in [0.1, 0.15) is 70.4 Å². The number of hydrogen-bond acceptors (Lipinski definition) is 7. The van der Waals surface area contributed by atoms with Gasteiger partial charge in [0, 0.05) is 31.6 Å². The van der Waals surface area contributed by atoms with Crippen LogP contribution in [0.2, 0.25) is 0 Å². The minimum atomic E-state index is -2.86. The Labute approximate surface area is 255 Å². The van der Waals surface area contributed by atoms with Crippen molar-refractivity contribution in [2.24, 2.45) is 5.92 Å². The fraction of sp³-hybridized carbons (Fsp3) is 0.531. The molecule has 1 aliphatic heterocycles. The molecular formula is C32H40F3N3O6. The standard InChI is InChI=1S/C32H40F3N3O6/c1-30(2,3)44-28(40)31(15-17-42-18-16-31)22-9-10-23(25(36)24(22)33)37-27(39)26(21-11-13-32(34,35)14-12-21)38-29(41)43-19-20-7-5-4-6-8-20/h4-10,21,26H,11-19,36H2,1-3H3,(H,37,39)(H,38,41). The Hall–Kier alpha value is -3.80. The van der Waals surface area contributed by atoms with Gasteiger partial charge in [-0.15, -0.1) is 0 Å². The molecular weight excluding hydrogens is 579 g/mol. The molecule has 1 aliphatic carbocycles. The van der Waals surface area contributed by atoms with Crippen LogP contribution in [0.15, 0.2) is 42.5 Å². The minimum Gasteiger partial charge on any atom is -0.459 e. The molecule has 9 nitrogen and oxygen atoms in total. The van der Waals surface area contributed by atoms with E-state index in [1.54, 1.807) is 45.0 Å². The van der Waals surface area contributed by atoms with Crippen molar-refractivity contribution >= 4 is 29.3 Å². The topological polar surface area (TPSA) is 129 Å². The van der Waals surface area contributed by atoms with E-state index in [0.717, 1.165) is 5.56 Å². The van der Waals surface area contributed by atoms with Crippen molar-refractivity contribution in [3.05, 3.63) is 59.4 Å². The molecule has 2 fully saturated rings. The predicted molar refractivity (Wildman–Crippen MR) is 157 cm³/mol. The quantitative estimate of drug-likeness (QED) is 0.250. The van der Waals surface area contributed by atoms with Crippen molar-refractivity contribution in [1.29, 1.82) is 0 Å². The monoisotopic (exact) mass is 619 g/mol. The molecule has 2 aromatic carbocycles. The highest BCUT2D eigenvalue weighted by Crippen LogP contribution is 2.42. The summed E-state index contributed by atoms with van der Waals surface area (Å²) in [5.41, 5.74) is 4.26. The summed E-state index contributed by atoms with van der Waals surface area (Å²) in [7, 11) is 0. The number of anilines is 2. The first-order chi connectivity index (χ1) is 20.7. The number of hydrogen-bond donors (Lipinski definition) is 3. The fourth-order valence-electron chi connectivity index (χ4n) is 5.65. The van der Waals surface area contributed by atoms with Crippen LogP contribution in [0.3, 0.4) is 0 Å². The molecule has 1 unspecified atom stereocenters. The second-order valence-corrected chi connectivity index (χ2v) is 12.5. The van der Waals surface area contributed by atoms with E-state index in [9.17, 15) is 23.2 Å². The van der Waals surface area contributed by atoms with Gasteiger partial charge in [-0.1, -0.05) is 36.4 Å². The molecule has 0 radical (unpaired) electrons. The van der Waals surface area contributed by atoms with E-state index >= 15 is 4.39 Å². The number of amides is 2. The third-order valence-corrected chi connectivity index (χ3v) is 8.09. The summed E-state index contributed by atoms with van der Waals surface area (Å²) in [5, 5.41) is 5.07. The van der Waals surface area contributed by atoms with E-state index in [0.29, 0.717) is 0 Å².